The highest BCUT2D eigenvalue weighted by atomic mass is 79.9. The van der Waals surface area contributed by atoms with Crippen LogP contribution in [0.25, 0.3) is 0 Å². The summed E-state index contributed by atoms with van der Waals surface area (Å²) in [6.07, 6.45) is 13.0. The number of Topliss-reactive ketones (excluding diaryl/α,β-unsaturated/α-hetero) is 1. The lowest BCUT2D eigenvalue weighted by atomic mass is 9.79. The molecule has 1 N–H and O–H groups in total. The van der Waals surface area contributed by atoms with E-state index in [1.165, 1.54) is 37.3 Å². The maximum absolute atomic E-state index is 12.3. The minimum atomic E-state index is -0.237. The van der Waals surface area contributed by atoms with Crippen molar-refractivity contribution in [3.8, 4) is 0 Å². The number of likely N-dealkylation sites (tertiary alicyclic amines) is 1. The number of carbonyl (C=O) groups excluding carboxylic acids is 1. The zero-order valence-electron chi connectivity index (χ0n) is 10.5. The molecule has 0 radical (unpaired) electrons. The van der Waals surface area contributed by atoms with Crippen molar-refractivity contribution < 1.29 is 26.7 Å². The van der Waals surface area contributed by atoms with E-state index in [1.807, 2.05) is 12.2 Å². The molecule has 3 heteroatoms. The van der Waals surface area contributed by atoms with E-state index in [2.05, 4.69) is 19.1 Å². The lowest BCUT2D eigenvalue weighted by Gasteiger charge is -2.29. The summed E-state index contributed by atoms with van der Waals surface area (Å²) < 4.78 is 0. The predicted molar refractivity (Wildman–Crippen MR) is 65.4 cm³/mol. The summed E-state index contributed by atoms with van der Waals surface area (Å²) in [6, 6.07) is 0. The van der Waals surface area contributed by atoms with Crippen LogP contribution >= 0.6 is 0 Å². The first kappa shape index (κ1) is 14.7. The second-order valence-corrected chi connectivity index (χ2v) is 5.32. The maximum atomic E-state index is 12.3. The number of hydrogen-bond acceptors (Lipinski definition) is 1. The third kappa shape index (κ3) is 3.78. The maximum Gasteiger partial charge on any atom is 0.196 e. The lowest BCUT2D eigenvalue weighted by molar-refractivity contribution is -0.897. The summed E-state index contributed by atoms with van der Waals surface area (Å²) in [4.78, 5) is 13.8. The van der Waals surface area contributed by atoms with Crippen molar-refractivity contribution in [1.29, 1.82) is 0 Å². The van der Waals surface area contributed by atoms with Crippen LogP contribution in [0, 0.1) is 5.41 Å². The lowest BCUT2D eigenvalue weighted by Crippen LogP contribution is -3.13. The van der Waals surface area contributed by atoms with Gasteiger partial charge in [-0.25, -0.2) is 0 Å². The number of halogens is 1. The van der Waals surface area contributed by atoms with Crippen LogP contribution in [-0.2, 0) is 4.79 Å². The molecule has 2 rings (SSSR count). The highest BCUT2D eigenvalue weighted by molar-refractivity contribution is 5.87. The molecular weight excluding hydrogens is 278 g/mol. The molecule has 1 saturated heterocycles. The first-order chi connectivity index (χ1) is 7.71. The van der Waals surface area contributed by atoms with E-state index in [9.17, 15) is 4.79 Å². The molecule has 0 amide bonds. The van der Waals surface area contributed by atoms with Crippen LogP contribution in [0.4, 0.5) is 0 Å². The van der Waals surface area contributed by atoms with Crippen LogP contribution in [0.2, 0.25) is 0 Å². The van der Waals surface area contributed by atoms with E-state index in [-0.39, 0.29) is 22.4 Å². The Bertz CT molecular complexity index is 318. The molecule has 96 valence electrons. The molecule has 1 heterocycles. The Morgan fingerprint density at radius 3 is 2.53 bits per heavy atom. The summed E-state index contributed by atoms with van der Waals surface area (Å²) in [6.45, 7) is 5.15. The number of ketones is 1. The third-order valence-electron chi connectivity index (χ3n) is 3.86. The van der Waals surface area contributed by atoms with Crippen molar-refractivity contribution in [2.24, 2.45) is 5.41 Å². The van der Waals surface area contributed by atoms with E-state index in [1.54, 1.807) is 0 Å². The molecule has 2 aliphatic rings. The molecule has 1 aliphatic carbocycles. The van der Waals surface area contributed by atoms with Crippen LogP contribution < -0.4 is 21.9 Å². The minimum Gasteiger partial charge on any atom is -1.00 e. The van der Waals surface area contributed by atoms with Crippen molar-refractivity contribution in [3.05, 3.63) is 24.3 Å². The fourth-order valence-electron chi connectivity index (χ4n) is 2.59. The highest BCUT2D eigenvalue weighted by Gasteiger charge is 2.32. The Morgan fingerprint density at radius 1 is 1.24 bits per heavy atom. The van der Waals surface area contributed by atoms with Gasteiger partial charge in [0, 0.05) is 0 Å². The number of nitrogens with one attached hydrogen (secondary N) is 1. The molecule has 1 fully saturated rings. The van der Waals surface area contributed by atoms with Gasteiger partial charge in [0.15, 0.2) is 5.78 Å². The predicted octanol–water partition coefficient (Wildman–Crippen LogP) is -1.85. The molecule has 0 bridgehead atoms. The Kier molecular flexibility index (Phi) is 5.60. The Hall–Kier alpha value is -0.410. The number of allylic oxidation sites excluding steroid dienone is 4. The summed E-state index contributed by atoms with van der Waals surface area (Å²) in [5.74, 6) is 0.407. The van der Waals surface area contributed by atoms with Crippen LogP contribution in [0.5, 0.6) is 0 Å². The van der Waals surface area contributed by atoms with Gasteiger partial charge < -0.3 is 21.9 Å². The van der Waals surface area contributed by atoms with Gasteiger partial charge in [0.25, 0.3) is 0 Å². The van der Waals surface area contributed by atoms with Crippen molar-refractivity contribution in [3.63, 3.8) is 0 Å². The Balaban J connectivity index is 0.00000144. The number of piperidine rings is 1. The molecule has 0 spiro atoms. The van der Waals surface area contributed by atoms with E-state index < -0.39 is 0 Å². The van der Waals surface area contributed by atoms with Gasteiger partial charge >= 0.3 is 0 Å². The quantitative estimate of drug-likeness (QED) is 0.649. The zero-order valence-corrected chi connectivity index (χ0v) is 12.1. The van der Waals surface area contributed by atoms with E-state index in [4.69, 9.17) is 0 Å². The average molecular weight is 300 g/mol. The second kappa shape index (κ2) is 6.50. The standard InChI is InChI=1S/C14H21NO.BrH/c1-14(8-4-2-5-9-14)13(16)12-15-10-6-3-7-11-15;/h2,4-5,8H,3,6-7,9-12H2,1H3;1H. The number of quaternary nitrogens is 1. The van der Waals surface area contributed by atoms with Crippen molar-refractivity contribution in [1.82, 2.24) is 0 Å². The van der Waals surface area contributed by atoms with Gasteiger partial charge in [-0.15, -0.1) is 0 Å². The number of rotatable bonds is 3. The van der Waals surface area contributed by atoms with Crippen molar-refractivity contribution in [2.75, 3.05) is 19.6 Å². The summed E-state index contributed by atoms with van der Waals surface area (Å²) >= 11 is 0. The van der Waals surface area contributed by atoms with E-state index >= 15 is 0 Å². The molecule has 0 aromatic rings. The minimum absolute atomic E-state index is 0. The number of carbonyl (C=O) groups is 1. The average Bonchev–Trinajstić information content (AvgIpc) is 2.31. The summed E-state index contributed by atoms with van der Waals surface area (Å²) in [5.41, 5.74) is -0.237. The normalized spacial score (nSPS) is 28.8. The topological polar surface area (TPSA) is 21.5 Å². The van der Waals surface area contributed by atoms with Crippen molar-refractivity contribution in [2.45, 2.75) is 32.6 Å². The number of hydrogen-bond donors (Lipinski definition) is 1. The van der Waals surface area contributed by atoms with Gasteiger partial charge in [0.2, 0.25) is 0 Å². The van der Waals surface area contributed by atoms with Crippen LogP contribution in [0.1, 0.15) is 32.6 Å². The highest BCUT2D eigenvalue weighted by Crippen LogP contribution is 2.27. The SMILES string of the molecule is CC1(C(=O)C[NH+]2CCCCC2)C=CC=CC1.[Br-]. The van der Waals surface area contributed by atoms with Crippen LogP contribution in [0.15, 0.2) is 24.3 Å². The van der Waals surface area contributed by atoms with Gasteiger partial charge in [-0.3, -0.25) is 4.79 Å². The van der Waals surface area contributed by atoms with Crippen LogP contribution in [0.3, 0.4) is 0 Å². The van der Waals surface area contributed by atoms with Gasteiger partial charge in [-0.1, -0.05) is 24.3 Å². The first-order valence-corrected chi connectivity index (χ1v) is 6.42. The Morgan fingerprint density at radius 2 is 1.94 bits per heavy atom. The van der Waals surface area contributed by atoms with E-state index in [0.29, 0.717) is 12.3 Å². The van der Waals surface area contributed by atoms with Gasteiger partial charge in [-0.05, 0) is 32.6 Å². The molecular formula is C14H22BrNO. The zero-order chi connectivity index (χ0) is 11.4. The molecule has 1 aliphatic heterocycles. The van der Waals surface area contributed by atoms with Gasteiger partial charge in [-0.2, -0.15) is 0 Å². The molecule has 1 atom stereocenters. The van der Waals surface area contributed by atoms with Crippen LogP contribution in [-0.4, -0.2) is 25.4 Å². The summed E-state index contributed by atoms with van der Waals surface area (Å²) in [7, 11) is 0. The summed E-state index contributed by atoms with van der Waals surface area (Å²) in [5, 5.41) is 0. The fourth-order valence-corrected chi connectivity index (χ4v) is 2.59. The molecule has 17 heavy (non-hydrogen) atoms. The second-order valence-electron chi connectivity index (χ2n) is 5.32. The molecule has 1 unspecified atom stereocenters. The fraction of sp³-hybridized carbons (Fsp3) is 0.643. The van der Waals surface area contributed by atoms with Gasteiger partial charge in [0.1, 0.15) is 6.54 Å². The largest absolute Gasteiger partial charge is 1.00 e. The molecule has 0 saturated carbocycles. The van der Waals surface area contributed by atoms with Crippen molar-refractivity contribution >= 4 is 5.78 Å². The Labute approximate surface area is 115 Å². The van der Waals surface area contributed by atoms with Gasteiger partial charge in [0.05, 0.1) is 18.5 Å². The molecule has 0 aromatic carbocycles. The molecule has 2 nitrogen and oxygen atoms in total. The smallest absolute Gasteiger partial charge is 0.196 e. The monoisotopic (exact) mass is 299 g/mol. The third-order valence-corrected chi connectivity index (χ3v) is 3.86. The molecule has 0 aromatic heterocycles. The first-order valence-electron chi connectivity index (χ1n) is 6.42. The van der Waals surface area contributed by atoms with E-state index in [0.717, 1.165) is 6.42 Å².